The fraction of sp³-hybridized carbons (Fsp3) is 0.167. The lowest BCUT2D eigenvalue weighted by atomic mass is 10.3. The standard InChI is InChI=1S/C6H5ClN2O2/c1-4-6(7)5(9(10)11)2-3-8-4/h2-3H,1H3. The summed E-state index contributed by atoms with van der Waals surface area (Å²) in [4.78, 5) is 13.5. The summed E-state index contributed by atoms with van der Waals surface area (Å²) < 4.78 is 0. The Morgan fingerprint density at radius 3 is 2.82 bits per heavy atom. The molecule has 0 amide bonds. The number of aryl methyl sites for hydroxylation is 1. The molecule has 0 saturated carbocycles. The van der Waals surface area contributed by atoms with Crippen molar-refractivity contribution in [3.63, 3.8) is 0 Å². The summed E-state index contributed by atoms with van der Waals surface area (Å²) in [5, 5.41) is 10.4. The van der Waals surface area contributed by atoms with E-state index in [0.717, 1.165) is 0 Å². The summed E-state index contributed by atoms with van der Waals surface area (Å²) in [5.41, 5.74) is 0.375. The smallest absolute Gasteiger partial charge is 0.260 e. The molecule has 1 heterocycles. The molecule has 0 saturated heterocycles. The second-order valence-electron chi connectivity index (χ2n) is 1.99. The van der Waals surface area contributed by atoms with E-state index in [1.165, 1.54) is 12.3 Å². The van der Waals surface area contributed by atoms with E-state index < -0.39 is 4.92 Å². The highest BCUT2D eigenvalue weighted by molar-refractivity contribution is 6.33. The summed E-state index contributed by atoms with van der Waals surface area (Å²) in [7, 11) is 0. The van der Waals surface area contributed by atoms with E-state index in [1.54, 1.807) is 6.92 Å². The van der Waals surface area contributed by atoms with Gasteiger partial charge in [0.25, 0.3) is 5.69 Å². The van der Waals surface area contributed by atoms with E-state index in [0.29, 0.717) is 5.69 Å². The predicted octanol–water partition coefficient (Wildman–Crippen LogP) is 1.95. The van der Waals surface area contributed by atoms with Crippen molar-refractivity contribution in [2.45, 2.75) is 6.92 Å². The van der Waals surface area contributed by atoms with E-state index in [-0.39, 0.29) is 10.7 Å². The molecule has 0 atom stereocenters. The van der Waals surface area contributed by atoms with Crippen molar-refractivity contribution in [2.75, 3.05) is 0 Å². The number of hydrogen-bond acceptors (Lipinski definition) is 3. The highest BCUT2D eigenvalue weighted by Crippen LogP contribution is 2.24. The largest absolute Gasteiger partial charge is 0.291 e. The van der Waals surface area contributed by atoms with Crippen LogP contribution in [0.1, 0.15) is 5.69 Å². The van der Waals surface area contributed by atoms with Gasteiger partial charge in [-0.15, -0.1) is 0 Å². The fourth-order valence-corrected chi connectivity index (χ4v) is 0.857. The summed E-state index contributed by atoms with van der Waals surface area (Å²) in [6.45, 7) is 1.62. The van der Waals surface area contributed by atoms with Crippen LogP contribution in [0, 0.1) is 17.0 Å². The van der Waals surface area contributed by atoms with Crippen molar-refractivity contribution in [2.24, 2.45) is 0 Å². The molecule has 1 rings (SSSR count). The predicted molar refractivity (Wildman–Crippen MR) is 40.6 cm³/mol. The van der Waals surface area contributed by atoms with Gasteiger partial charge in [-0.1, -0.05) is 11.6 Å². The first-order valence-electron chi connectivity index (χ1n) is 2.88. The van der Waals surface area contributed by atoms with E-state index in [1.807, 2.05) is 0 Å². The zero-order valence-corrected chi connectivity index (χ0v) is 6.50. The fourth-order valence-electron chi connectivity index (χ4n) is 0.676. The molecule has 0 N–H and O–H groups in total. The minimum atomic E-state index is -0.531. The maximum Gasteiger partial charge on any atom is 0.291 e. The number of aromatic nitrogens is 1. The van der Waals surface area contributed by atoms with Crippen LogP contribution in [0.4, 0.5) is 5.69 Å². The normalized spacial score (nSPS) is 9.64. The molecular weight excluding hydrogens is 168 g/mol. The quantitative estimate of drug-likeness (QED) is 0.481. The Balaban J connectivity index is 3.27. The van der Waals surface area contributed by atoms with Crippen LogP contribution in [0.2, 0.25) is 5.02 Å². The van der Waals surface area contributed by atoms with Gasteiger partial charge in [0.1, 0.15) is 5.02 Å². The summed E-state index contributed by atoms with van der Waals surface area (Å²) in [6.07, 6.45) is 1.36. The molecule has 1 aromatic heterocycles. The number of rotatable bonds is 1. The van der Waals surface area contributed by atoms with Crippen LogP contribution in [-0.2, 0) is 0 Å². The monoisotopic (exact) mass is 172 g/mol. The Morgan fingerprint density at radius 1 is 1.73 bits per heavy atom. The first-order chi connectivity index (χ1) is 5.13. The van der Waals surface area contributed by atoms with Crippen LogP contribution in [0.5, 0.6) is 0 Å². The van der Waals surface area contributed by atoms with Crippen molar-refractivity contribution < 1.29 is 4.92 Å². The molecule has 0 fully saturated rings. The Morgan fingerprint density at radius 2 is 2.36 bits per heavy atom. The number of halogens is 1. The maximum atomic E-state index is 10.3. The highest BCUT2D eigenvalue weighted by atomic mass is 35.5. The van der Waals surface area contributed by atoms with Crippen LogP contribution in [-0.4, -0.2) is 9.91 Å². The first-order valence-corrected chi connectivity index (χ1v) is 3.26. The van der Waals surface area contributed by atoms with E-state index in [2.05, 4.69) is 4.98 Å². The van der Waals surface area contributed by atoms with E-state index in [4.69, 9.17) is 11.6 Å². The molecular formula is C6H5ClN2O2. The molecule has 1 aromatic rings. The molecule has 58 valence electrons. The van der Waals surface area contributed by atoms with Gasteiger partial charge < -0.3 is 0 Å². The third kappa shape index (κ3) is 1.46. The van der Waals surface area contributed by atoms with Crippen LogP contribution in [0.15, 0.2) is 12.3 Å². The molecule has 0 spiro atoms. The molecule has 11 heavy (non-hydrogen) atoms. The topological polar surface area (TPSA) is 56.0 Å². The van der Waals surface area contributed by atoms with Crippen molar-refractivity contribution in [3.05, 3.63) is 33.1 Å². The van der Waals surface area contributed by atoms with E-state index >= 15 is 0 Å². The Bertz CT molecular complexity index is 301. The molecule has 4 nitrogen and oxygen atoms in total. The van der Waals surface area contributed by atoms with Crippen molar-refractivity contribution in [1.82, 2.24) is 4.98 Å². The van der Waals surface area contributed by atoms with Crippen LogP contribution >= 0.6 is 11.6 Å². The minimum absolute atomic E-state index is 0.0980. The second kappa shape index (κ2) is 2.84. The molecule has 0 unspecified atom stereocenters. The summed E-state index contributed by atoms with van der Waals surface area (Å²) >= 11 is 5.58. The Labute approximate surface area is 68.0 Å². The third-order valence-corrected chi connectivity index (χ3v) is 1.71. The zero-order valence-electron chi connectivity index (χ0n) is 5.74. The van der Waals surface area contributed by atoms with Gasteiger partial charge in [-0.05, 0) is 6.92 Å². The van der Waals surface area contributed by atoms with Gasteiger partial charge in [-0.3, -0.25) is 15.1 Å². The average Bonchev–Trinajstić information content (AvgIpc) is 1.94. The lowest BCUT2D eigenvalue weighted by molar-refractivity contribution is -0.384. The lowest BCUT2D eigenvalue weighted by Crippen LogP contribution is -1.91. The summed E-state index contributed by atoms with van der Waals surface area (Å²) in [5.74, 6) is 0. The lowest BCUT2D eigenvalue weighted by Gasteiger charge is -1.95. The van der Waals surface area contributed by atoms with E-state index in [9.17, 15) is 10.1 Å². The number of nitrogens with zero attached hydrogens (tertiary/aromatic N) is 2. The van der Waals surface area contributed by atoms with Gasteiger partial charge in [-0.2, -0.15) is 0 Å². The van der Waals surface area contributed by atoms with Gasteiger partial charge in [-0.25, -0.2) is 0 Å². The molecule has 5 heteroatoms. The van der Waals surface area contributed by atoms with Crippen LogP contribution < -0.4 is 0 Å². The van der Waals surface area contributed by atoms with Crippen molar-refractivity contribution >= 4 is 17.3 Å². The van der Waals surface area contributed by atoms with Crippen molar-refractivity contribution in [1.29, 1.82) is 0 Å². The Kier molecular flexibility index (Phi) is 2.05. The molecule has 0 bridgehead atoms. The average molecular weight is 173 g/mol. The number of hydrogen-bond donors (Lipinski definition) is 0. The molecule has 0 aromatic carbocycles. The van der Waals surface area contributed by atoms with Gasteiger partial charge in [0, 0.05) is 12.3 Å². The Hall–Kier alpha value is -1.16. The van der Waals surface area contributed by atoms with Crippen LogP contribution in [0.25, 0.3) is 0 Å². The van der Waals surface area contributed by atoms with Crippen molar-refractivity contribution in [3.8, 4) is 0 Å². The van der Waals surface area contributed by atoms with Gasteiger partial charge in [0.05, 0.1) is 10.6 Å². The first kappa shape index (κ1) is 7.94. The second-order valence-corrected chi connectivity index (χ2v) is 2.36. The number of nitro groups is 1. The molecule has 0 radical (unpaired) electrons. The third-order valence-electron chi connectivity index (χ3n) is 1.24. The maximum absolute atomic E-state index is 10.3. The molecule has 0 aliphatic heterocycles. The molecule has 0 aliphatic rings. The number of pyridine rings is 1. The SMILES string of the molecule is Cc1nccc([N+](=O)[O-])c1Cl. The molecule has 0 aliphatic carbocycles. The van der Waals surface area contributed by atoms with Gasteiger partial charge in [0.2, 0.25) is 0 Å². The summed E-state index contributed by atoms with van der Waals surface area (Å²) in [6, 6.07) is 1.27. The van der Waals surface area contributed by atoms with Gasteiger partial charge >= 0.3 is 0 Å². The minimum Gasteiger partial charge on any atom is -0.260 e. The van der Waals surface area contributed by atoms with Crippen LogP contribution in [0.3, 0.4) is 0 Å². The van der Waals surface area contributed by atoms with Gasteiger partial charge in [0.15, 0.2) is 0 Å². The zero-order chi connectivity index (χ0) is 8.43. The highest BCUT2D eigenvalue weighted by Gasteiger charge is 2.13.